The fourth-order valence-corrected chi connectivity index (χ4v) is 4.28. The predicted molar refractivity (Wildman–Crippen MR) is 123 cm³/mol. The maximum Gasteiger partial charge on any atom is 0.352 e. The van der Waals surface area contributed by atoms with Crippen LogP contribution in [0.25, 0.3) is 22.6 Å². The summed E-state index contributed by atoms with van der Waals surface area (Å²) >= 11 is 0. The Balaban J connectivity index is 2.33. The third kappa shape index (κ3) is 4.13. The van der Waals surface area contributed by atoms with Gasteiger partial charge >= 0.3 is 5.69 Å². The first-order valence-corrected chi connectivity index (χ1v) is 11.0. The van der Waals surface area contributed by atoms with Gasteiger partial charge in [-0.05, 0) is 45.4 Å². The number of aryl methyl sites for hydroxylation is 1. The van der Waals surface area contributed by atoms with E-state index in [1.165, 1.54) is 5.56 Å². The van der Waals surface area contributed by atoms with Gasteiger partial charge in [-0.3, -0.25) is 9.36 Å². The molecule has 2 aliphatic rings. The number of hydrogen-bond acceptors (Lipinski definition) is 6. The summed E-state index contributed by atoms with van der Waals surface area (Å²) in [6, 6.07) is 4.14. The average Bonchev–Trinajstić information content (AvgIpc) is 2.76. The second-order valence-corrected chi connectivity index (χ2v) is 8.08. The van der Waals surface area contributed by atoms with Crippen LogP contribution in [-0.2, 0) is 19.6 Å². The van der Waals surface area contributed by atoms with Crippen molar-refractivity contribution in [3.63, 3.8) is 0 Å². The number of hydrogen-bond donors (Lipinski definition) is 2. The van der Waals surface area contributed by atoms with Crippen molar-refractivity contribution < 1.29 is 4.48 Å². The van der Waals surface area contributed by atoms with E-state index in [4.69, 9.17) is 11.5 Å². The van der Waals surface area contributed by atoms with Gasteiger partial charge in [0, 0.05) is 31.7 Å². The normalized spacial score (nSPS) is 12.2. The van der Waals surface area contributed by atoms with Gasteiger partial charge in [-0.25, -0.2) is 9.78 Å². The van der Waals surface area contributed by atoms with Crippen LogP contribution in [-0.4, -0.2) is 56.3 Å². The summed E-state index contributed by atoms with van der Waals surface area (Å²) in [4.78, 5) is 34.2. The molecule has 0 fully saturated rings. The molecule has 9 heteroatoms. The average molecular weight is 429 g/mol. The van der Waals surface area contributed by atoms with Crippen LogP contribution in [0.2, 0.25) is 0 Å². The van der Waals surface area contributed by atoms with Crippen molar-refractivity contribution in [1.82, 2.24) is 19.1 Å². The molecule has 1 aromatic carbocycles. The predicted octanol–water partition coefficient (Wildman–Crippen LogP) is 0.660. The molecule has 9 nitrogen and oxygen atoms in total. The number of nitrogens with two attached hydrogens (primary N) is 2. The molecule has 0 radical (unpaired) electrons. The van der Waals surface area contributed by atoms with Crippen molar-refractivity contribution in [2.24, 2.45) is 11.5 Å². The molecule has 0 atom stereocenters. The summed E-state index contributed by atoms with van der Waals surface area (Å²) in [6.07, 6.45) is 0. The van der Waals surface area contributed by atoms with Crippen LogP contribution in [0.1, 0.15) is 31.9 Å². The minimum Gasteiger partial charge on any atom is -0.329 e. The highest BCUT2D eigenvalue weighted by atomic mass is 16.2. The van der Waals surface area contributed by atoms with E-state index in [-0.39, 0.29) is 24.6 Å². The molecular formula is C22H34N7O2+. The molecule has 31 heavy (non-hydrogen) atoms. The van der Waals surface area contributed by atoms with Crippen LogP contribution in [0.15, 0.2) is 21.7 Å². The van der Waals surface area contributed by atoms with Gasteiger partial charge < -0.3 is 20.5 Å². The van der Waals surface area contributed by atoms with Crippen molar-refractivity contribution in [1.29, 1.82) is 0 Å². The Hall–Kier alpha value is -2.62. The summed E-state index contributed by atoms with van der Waals surface area (Å²) in [5, 5.41) is 0. The Labute approximate surface area is 182 Å². The molecule has 168 valence electrons. The van der Waals surface area contributed by atoms with E-state index in [0.717, 1.165) is 46.3 Å². The van der Waals surface area contributed by atoms with Gasteiger partial charge in [0.15, 0.2) is 11.5 Å². The van der Waals surface area contributed by atoms with E-state index in [1.54, 1.807) is 0 Å². The van der Waals surface area contributed by atoms with Gasteiger partial charge in [-0.15, -0.1) is 0 Å². The Morgan fingerprint density at radius 2 is 1.55 bits per heavy atom. The van der Waals surface area contributed by atoms with Gasteiger partial charge in [-0.1, -0.05) is 0 Å². The second kappa shape index (κ2) is 9.25. The van der Waals surface area contributed by atoms with Crippen molar-refractivity contribution in [2.75, 3.05) is 32.7 Å². The molecule has 3 rings (SSSR count). The largest absolute Gasteiger partial charge is 0.352 e. The van der Waals surface area contributed by atoms with Crippen molar-refractivity contribution in [3.05, 3.63) is 44.1 Å². The fraction of sp³-hybridized carbons (Fsp3) is 0.545. The van der Waals surface area contributed by atoms with Crippen LogP contribution >= 0.6 is 0 Å². The molecule has 0 unspecified atom stereocenters. The highest BCUT2D eigenvalue weighted by molar-refractivity contribution is 5.81. The smallest absolute Gasteiger partial charge is 0.329 e. The number of rotatable bonds is 9. The molecule has 0 saturated heterocycles. The first-order valence-electron chi connectivity index (χ1n) is 11.0. The molecule has 1 aromatic rings. The fourth-order valence-electron chi connectivity index (χ4n) is 4.28. The molecule has 0 spiro atoms. The lowest BCUT2D eigenvalue weighted by Crippen LogP contribution is -2.46. The maximum atomic E-state index is 13.0. The molecule has 0 saturated carbocycles. The van der Waals surface area contributed by atoms with E-state index >= 15 is 0 Å². The Kier molecular flexibility index (Phi) is 6.88. The third-order valence-electron chi connectivity index (χ3n) is 6.53. The van der Waals surface area contributed by atoms with Crippen LogP contribution in [0, 0.1) is 6.92 Å². The standard InChI is InChI=1S/C22H34N7O2/c1-5-29(6-2,7-3)14-16-13-18-17(12-15(16)4)25-19-20(27(18)10-8-23)26-22(31)28(11-9-24)21(19)30/h12-13H,5-11,14,23-24H2,1-4H3/q+1. The summed E-state index contributed by atoms with van der Waals surface area (Å²) in [5.41, 5.74) is 14.4. The minimum atomic E-state index is -0.610. The Morgan fingerprint density at radius 3 is 2.13 bits per heavy atom. The van der Waals surface area contributed by atoms with E-state index < -0.39 is 11.2 Å². The summed E-state index contributed by atoms with van der Waals surface area (Å²) < 4.78 is 3.89. The molecule has 2 aliphatic heterocycles. The van der Waals surface area contributed by atoms with E-state index in [9.17, 15) is 9.59 Å². The number of nitrogens with zero attached hydrogens (tertiary/aromatic N) is 5. The Morgan fingerprint density at radius 1 is 0.935 bits per heavy atom. The molecule has 2 heterocycles. The zero-order valence-corrected chi connectivity index (χ0v) is 19.0. The zero-order chi connectivity index (χ0) is 22.8. The van der Waals surface area contributed by atoms with Crippen molar-refractivity contribution in [3.8, 4) is 11.5 Å². The van der Waals surface area contributed by atoms with Crippen LogP contribution in [0.5, 0.6) is 0 Å². The highest BCUT2D eigenvalue weighted by Gasteiger charge is 2.25. The quantitative estimate of drug-likeness (QED) is 0.381. The van der Waals surface area contributed by atoms with E-state index in [1.807, 2.05) is 10.6 Å². The van der Waals surface area contributed by atoms with E-state index in [2.05, 4.69) is 43.7 Å². The van der Waals surface area contributed by atoms with Gasteiger partial charge in [-0.2, -0.15) is 4.98 Å². The molecule has 4 N–H and O–H groups in total. The molecule has 0 aliphatic carbocycles. The topological polar surface area (TPSA) is 122 Å². The number of quaternary nitrogens is 1. The number of benzene rings is 1. The first-order chi connectivity index (χ1) is 14.8. The maximum absolute atomic E-state index is 13.0. The molecule has 0 bridgehead atoms. The molecule has 0 aromatic heterocycles. The first kappa shape index (κ1) is 23.1. The van der Waals surface area contributed by atoms with Crippen LogP contribution in [0.4, 0.5) is 0 Å². The summed E-state index contributed by atoms with van der Waals surface area (Å²) in [5.74, 6) is 0.276. The van der Waals surface area contributed by atoms with Gasteiger partial charge in [0.25, 0.3) is 5.56 Å². The lowest BCUT2D eigenvalue weighted by molar-refractivity contribution is -0.936. The van der Waals surface area contributed by atoms with Crippen LogP contribution < -0.4 is 22.7 Å². The van der Waals surface area contributed by atoms with Gasteiger partial charge in [0.05, 0.1) is 30.7 Å². The third-order valence-corrected chi connectivity index (χ3v) is 6.53. The Bertz CT molecular complexity index is 1150. The van der Waals surface area contributed by atoms with E-state index in [0.29, 0.717) is 18.6 Å². The monoisotopic (exact) mass is 428 g/mol. The van der Waals surface area contributed by atoms with Crippen molar-refractivity contribution in [2.45, 2.75) is 47.3 Å². The summed E-state index contributed by atoms with van der Waals surface area (Å²) in [7, 11) is 0. The highest BCUT2D eigenvalue weighted by Crippen LogP contribution is 2.26. The zero-order valence-electron chi connectivity index (χ0n) is 19.0. The second-order valence-electron chi connectivity index (χ2n) is 8.08. The SMILES string of the molecule is CC[N+](CC)(CC)Cc1cc2c(cc1C)nc1c(=O)n(CCN)c(=O)nc-1n2CCN. The van der Waals surface area contributed by atoms with Crippen molar-refractivity contribution >= 4 is 11.0 Å². The molecular weight excluding hydrogens is 394 g/mol. The molecule has 0 amide bonds. The van der Waals surface area contributed by atoms with Crippen LogP contribution in [0.3, 0.4) is 0 Å². The van der Waals surface area contributed by atoms with Gasteiger partial charge in [0.2, 0.25) is 0 Å². The lowest BCUT2D eigenvalue weighted by Gasteiger charge is -2.36. The number of aromatic nitrogens is 4. The summed E-state index contributed by atoms with van der Waals surface area (Å²) in [6.45, 7) is 13.9. The lowest BCUT2D eigenvalue weighted by atomic mass is 10.0. The van der Waals surface area contributed by atoms with Gasteiger partial charge in [0.1, 0.15) is 6.54 Å². The number of fused-ring (bicyclic) bond motifs is 2. The minimum absolute atomic E-state index is 0.111.